The quantitative estimate of drug-likeness (QED) is 0.910. The largest absolute Gasteiger partial charge is 0.443 e. The first-order valence-electron chi connectivity index (χ1n) is 4.52. The predicted octanol–water partition coefficient (Wildman–Crippen LogP) is 2.90. The molecular formula is C11H10BrNO2. The van der Waals surface area contributed by atoms with Crippen molar-refractivity contribution in [2.75, 3.05) is 0 Å². The molecule has 0 unspecified atom stereocenters. The topological polar surface area (TPSA) is 46.3 Å². The van der Waals surface area contributed by atoms with Crippen molar-refractivity contribution in [2.45, 2.75) is 13.5 Å². The lowest BCUT2D eigenvalue weighted by Gasteiger charge is -2.05. The molecule has 1 heterocycles. The highest BCUT2D eigenvalue weighted by Gasteiger charge is 2.12. The number of rotatable bonds is 2. The summed E-state index contributed by atoms with van der Waals surface area (Å²) in [5, 5.41) is 9.09. The molecule has 2 aromatic rings. The third kappa shape index (κ3) is 1.82. The van der Waals surface area contributed by atoms with Crippen molar-refractivity contribution in [2.24, 2.45) is 0 Å². The Balaban J connectivity index is 2.59. The number of benzene rings is 1. The van der Waals surface area contributed by atoms with Gasteiger partial charge in [-0.05, 0) is 18.6 Å². The van der Waals surface area contributed by atoms with Crippen LogP contribution in [0.4, 0.5) is 0 Å². The highest BCUT2D eigenvalue weighted by Crippen LogP contribution is 2.30. The second-order valence-corrected chi connectivity index (χ2v) is 4.05. The van der Waals surface area contributed by atoms with Gasteiger partial charge in [-0.3, -0.25) is 0 Å². The molecule has 0 atom stereocenters. The normalized spacial score (nSPS) is 10.6. The van der Waals surface area contributed by atoms with E-state index < -0.39 is 0 Å². The minimum atomic E-state index is -0.113. The Bertz CT molecular complexity index is 479. The zero-order valence-electron chi connectivity index (χ0n) is 8.20. The van der Waals surface area contributed by atoms with Crippen LogP contribution >= 0.6 is 15.9 Å². The highest BCUT2D eigenvalue weighted by molar-refractivity contribution is 9.10. The van der Waals surface area contributed by atoms with Gasteiger partial charge >= 0.3 is 0 Å². The van der Waals surface area contributed by atoms with Crippen molar-refractivity contribution >= 4 is 15.9 Å². The first-order chi connectivity index (χ1) is 7.24. The predicted molar refractivity (Wildman–Crippen MR) is 60.3 cm³/mol. The van der Waals surface area contributed by atoms with Gasteiger partial charge in [0.15, 0.2) is 12.2 Å². The summed E-state index contributed by atoms with van der Waals surface area (Å²) in [6, 6.07) is 5.84. The van der Waals surface area contributed by atoms with Gasteiger partial charge in [-0.2, -0.15) is 0 Å². The van der Waals surface area contributed by atoms with E-state index in [1.165, 1.54) is 6.39 Å². The van der Waals surface area contributed by atoms with Gasteiger partial charge in [-0.1, -0.05) is 28.1 Å². The molecule has 1 aromatic heterocycles. The Morgan fingerprint density at radius 1 is 1.47 bits per heavy atom. The highest BCUT2D eigenvalue weighted by atomic mass is 79.9. The van der Waals surface area contributed by atoms with Gasteiger partial charge in [-0.15, -0.1) is 0 Å². The fourth-order valence-electron chi connectivity index (χ4n) is 1.45. The van der Waals surface area contributed by atoms with E-state index in [4.69, 9.17) is 9.52 Å². The summed E-state index contributed by atoms with van der Waals surface area (Å²) in [4.78, 5) is 3.95. The van der Waals surface area contributed by atoms with Gasteiger partial charge in [0.05, 0.1) is 6.61 Å². The first kappa shape index (κ1) is 10.4. The first-order valence-corrected chi connectivity index (χ1v) is 5.32. The van der Waals surface area contributed by atoms with Crippen molar-refractivity contribution in [3.8, 4) is 11.3 Å². The van der Waals surface area contributed by atoms with Crippen LogP contribution in [0.5, 0.6) is 0 Å². The Morgan fingerprint density at radius 2 is 2.27 bits per heavy atom. The number of hydrogen-bond donors (Lipinski definition) is 1. The molecule has 0 aliphatic carbocycles. The van der Waals surface area contributed by atoms with E-state index in [1.54, 1.807) is 0 Å². The van der Waals surface area contributed by atoms with Crippen molar-refractivity contribution in [3.05, 3.63) is 40.3 Å². The fraction of sp³-hybridized carbons (Fsp3) is 0.182. The van der Waals surface area contributed by atoms with Crippen molar-refractivity contribution in [3.63, 3.8) is 0 Å². The molecule has 4 heteroatoms. The van der Waals surface area contributed by atoms with Crippen LogP contribution in [0.1, 0.15) is 11.3 Å². The molecule has 78 valence electrons. The van der Waals surface area contributed by atoms with Gasteiger partial charge in [0.1, 0.15) is 5.69 Å². The van der Waals surface area contributed by atoms with Crippen LogP contribution in [0, 0.1) is 6.92 Å². The number of nitrogens with zero attached hydrogens (tertiary/aromatic N) is 1. The lowest BCUT2D eigenvalue weighted by Crippen LogP contribution is -1.89. The molecule has 1 N–H and O–H groups in total. The van der Waals surface area contributed by atoms with E-state index in [9.17, 15) is 0 Å². The lowest BCUT2D eigenvalue weighted by molar-refractivity contribution is 0.277. The van der Waals surface area contributed by atoms with Crippen LogP contribution in [-0.4, -0.2) is 10.1 Å². The van der Waals surface area contributed by atoms with Gasteiger partial charge in [0.2, 0.25) is 0 Å². The molecule has 0 aliphatic rings. The van der Waals surface area contributed by atoms with Crippen LogP contribution in [-0.2, 0) is 6.61 Å². The van der Waals surface area contributed by atoms with E-state index in [-0.39, 0.29) is 6.61 Å². The zero-order chi connectivity index (χ0) is 10.8. The van der Waals surface area contributed by atoms with Gasteiger partial charge < -0.3 is 9.52 Å². The summed E-state index contributed by atoms with van der Waals surface area (Å²) in [6.45, 7) is 1.88. The van der Waals surface area contributed by atoms with Crippen LogP contribution < -0.4 is 0 Å². The van der Waals surface area contributed by atoms with E-state index in [0.717, 1.165) is 15.6 Å². The molecule has 2 rings (SSSR count). The number of halogens is 1. The molecule has 0 aliphatic heterocycles. The molecule has 0 saturated carbocycles. The standard InChI is InChI=1S/C11H10BrNO2/c1-7-8(3-2-4-9(7)12)11-10(5-14)13-6-15-11/h2-4,6,14H,5H2,1H3. The van der Waals surface area contributed by atoms with E-state index in [2.05, 4.69) is 20.9 Å². The monoisotopic (exact) mass is 267 g/mol. The molecule has 0 saturated heterocycles. The summed E-state index contributed by atoms with van der Waals surface area (Å²) in [5.41, 5.74) is 2.59. The third-order valence-electron chi connectivity index (χ3n) is 2.30. The molecular weight excluding hydrogens is 258 g/mol. The van der Waals surface area contributed by atoms with Crippen molar-refractivity contribution in [1.29, 1.82) is 0 Å². The number of aliphatic hydroxyl groups excluding tert-OH is 1. The summed E-state index contributed by atoms with van der Waals surface area (Å²) < 4.78 is 6.30. The van der Waals surface area contributed by atoms with E-state index in [1.807, 2.05) is 25.1 Å². The summed E-state index contributed by atoms with van der Waals surface area (Å²) in [5.74, 6) is 0.635. The van der Waals surface area contributed by atoms with Crippen LogP contribution in [0.25, 0.3) is 11.3 Å². The van der Waals surface area contributed by atoms with Crippen LogP contribution in [0.15, 0.2) is 33.5 Å². The molecule has 3 nitrogen and oxygen atoms in total. The number of hydrogen-bond acceptors (Lipinski definition) is 3. The van der Waals surface area contributed by atoms with Crippen molar-refractivity contribution < 1.29 is 9.52 Å². The lowest BCUT2D eigenvalue weighted by atomic mass is 10.1. The number of aliphatic hydroxyl groups is 1. The summed E-state index contributed by atoms with van der Waals surface area (Å²) in [7, 11) is 0. The fourth-order valence-corrected chi connectivity index (χ4v) is 1.82. The maximum atomic E-state index is 9.09. The molecule has 0 bridgehead atoms. The minimum Gasteiger partial charge on any atom is -0.443 e. The van der Waals surface area contributed by atoms with Crippen molar-refractivity contribution in [1.82, 2.24) is 4.98 Å². The summed E-state index contributed by atoms with van der Waals surface area (Å²) >= 11 is 3.45. The average Bonchev–Trinajstić information content (AvgIpc) is 2.70. The Kier molecular flexibility index (Phi) is 2.88. The van der Waals surface area contributed by atoms with E-state index >= 15 is 0 Å². The van der Waals surface area contributed by atoms with Gasteiger partial charge in [0.25, 0.3) is 0 Å². The molecule has 0 spiro atoms. The second kappa shape index (κ2) is 4.16. The van der Waals surface area contributed by atoms with Crippen LogP contribution in [0.3, 0.4) is 0 Å². The molecule has 0 amide bonds. The Hall–Kier alpha value is -1.13. The maximum Gasteiger partial charge on any atom is 0.181 e. The summed E-state index contributed by atoms with van der Waals surface area (Å²) in [6.07, 6.45) is 1.35. The average molecular weight is 268 g/mol. The number of oxazole rings is 1. The molecule has 0 fully saturated rings. The smallest absolute Gasteiger partial charge is 0.181 e. The van der Waals surface area contributed by atoms with Crippen LogP contribution in [0.2, 0.25) is 0 Å². The minimum absolute atomic E-state index is 0.113. The molecule has 1 aromatic carbocycles. The Labute approximate surface area is 95.9 Å². The van der Waals surface area contributed by atoms with Gasteiger partial charge in [0, 0.05) is 10.0 Å². The SMILES string of the molecule is Cc1c(Br)cccc1-c1ocnc1CO. The maximum absolute atomic E-state index is 9.09. The van der Waals surface area contributed by atoms with Gasteiger partial charge in [-0.25, -0.2) is 4.98 Å². The number of aromatic nitrogens is 1. The zero-order valence-corrected chi connectivity index (χ0v) is 9.78. The Morgan fingerprint density at radius 3 is 3.00 bits per heavy atom. The molecule has 15 heavy (non-hydrogen) atoms. The van der Waals surface area contributed by atoms with E-state index in [0.29, 0.717) is 11.5 Å². The second-order valence-electron chi connectivity index (χ2n) is 3.20. The molecule has 0 radical (unpaired) electrons. The third-order valence-corrected chi connectivity index (χ3v) is 3.16.